The molecule has 4 unspecified atom stereocenters. The molecule has 0 aromatic carbocycles. The van der Waals surface area contributed by atoms with Gasteiger partial charge in [0.1, 0.15) is 12.1 Å². The maximum Gasteiger partial charge on any atom is 0.323 e. The molecule has 328 valence electrons. The van der Waals surface area contributed by atoms with Crippen LogP contribution in [0.3, 0.4) is 0 Å². The molecule has 3 rings (SSSR count). The fourth-order valence-electron chi connectivity index (χ4n) is 7.50. The van der Waals surface area contributed by atoms with Gasteiger partial charge in [0, 0.05) is 12.8 Å². The molecule has 3 aliphatic rings. The second-order valence-electron chi connectivity index (χ2n) is 17.2. The molecule has 0 radical (unpaired) electrons. The maximum absolute atomic E-state index is 13.2. The summed E-state index contributed by atoms with van der Waals surface area (Å²) in [6, 6.07) is -0.770. The fraction of sp³-hybridized carbons (Fsp3) is 0.500. The van der Waals surface area contributed by atoms with Gasteiger partial charge in [0.2, 0.25) is 0 Å². The Balaban J connectivity index is 0.00000610. The minimum atomic E-state index is -0.770. The van der Waals surface area contributed by atoms with Crippen molar-refractivity contribution in [2.45, 2.75) is 147 Å². The summed E-state index contributed by atoms with van der Waals surface area (Å²) >= 11 is 0. The summed E-state index contributed by atoms with van der Waals surface area (Å²) in [5.74, 6) is -0.973. The van der Waals surface area contributed by atoms with Crippen molar-refractivity contribution in [3.8, 4) is 0 Å². The Morgan fingerprint density at radius 2 is 1.13 bits per heavy atom. The van der Waals surface area contributed by atoms with Crippen molar-refractivity contribution in [3.63, 3.8) is 0 Å². The van der Waals surface area contributed by atoms with Gasteiger partial charge in [0.05, 0.1) is 0 Å². The van der Waals surface area contributed by atoms with E-state index in [0.717, 1.165) is 52.8 Å². The second kappa shape index (κ2) is 24.6. The number of hydrogen-bond acceptors (Lipinski definition) is 8. The van der Waals surface area contributed by atoms with E-state index in [-0.39, 0.29) is 34.4 Å². The smallest absolute Gasteiger partial charge is 0.323 e. The van der Waals surface area contributed by atoms with Crippen LogP contribution in [-0.4, -0.2) is 60.9 Å². The first-order valence-corrected chi connectivity index (χ1v) is 21.7. The van der Waals surface area contributed by atoms with Crippen molar-refractivity contribution in [1.82, 2.24) is 10.6 Å². The van der Waals surface area contributed by atoms with Crippen molar-refractivity contribution in [3.05, 3.63) is 130 Å². The van der Waals surface area contributed by atoms with E-state index in [9.17, 15) is 19.2 Å². The molecule has 1 aliphatic heterocycles. The van der Waals surface area contributed by atoms with Crippen LogP contribution in [0.2, 0.25) is 0 Å². The van der Waals surface area contributed by atoms with Gasteiger partial charge in [-0.05, 0) is 108 Å². The van der Waals surface area contributed by atoms with Crippen molar-refractivity contribution >= 4 is 23.5 Å². The number of carbonyl (C=O) groups is 4. The first-order valence-electron chi connectivity index (χ1n) is 21.7. The zero-order valence-electron chi connectivity index (χ0n) is 39.1. The number of ketones is 2. The maximum atomic E-state index is 13.2. The van der Waals surface area contributed by atoms with Crippen molar-refractivity contribution in [2.24, 2.45) is 10.8 Å². The quantitative estimate of drug-likeness (QED) is 0.117. The molecule has 8 heteroatoms. The Morgan fingerprint density at radius 1 is 0.717 bits per heavy atom. The summed E-state index contributed by atoms with van der Waals surface area (Å²) in [7, 11) is 0. The first kappa shape index (κ1) is 51.5. The summed E-state index contributed by atoms with van der Waals surface area (Å²) < 4.78 is 11.3. The van der Waals surface area contributed by atoms with E-state index in [2.05, 4.69) is 69.6 Å². The number of hydrogen-bond donors (Lipinski definition) is 2. The average molecular weight is 823 g/mol. The third kappa shape index (κ3) is 15.7. The highest BCUT2D eigenvalue weighted by atomic mass is 16.6. The van der Waals surface area contributed by atoms with Gasteiger partial charge in [0.25, 0.3) is 0 Å². The molecule has 0 bridgehead atoms. The zero-order chi connectivity index (χ0) is 45.2. The SMILES string of the molecule is CC.CCNC(C)C(=O)OC1CC(C)(C)C(/C=C/C(C)=C/C=C/C(C)=C/C=C/C=C(C)/C=C/C=C(C)/C=C/C2=C(C)C(=O)C(OC(=O)C3CCCN3)CC2(C)C)=C(C)C1=O. The number of esters is 2. The molecule has 1 fully saturated rings. The van der Waals surface area contributed by atoms with Crippen LogP contribution in [0.1, 0.15) is 123 Å². The summed E-state index contributed by atoms with van der Waals surface area (Å²) in [5, 5.41) is 6.20. The van der Waals surface area contributed by atoms with Gasteiger partial charge in [-0.3, -0.25) is 19.2 Å². The molecule has 0 aromatic rings. The van der Waals surface area contributed by atoms with E-state index in [1.165, 1.54) is 0 Å². The number of likely N-dealkylation sites (N-methyl/N-ethyl adjacent to an activating group) is 1. The van der Waals surface area contributed by atoms with E-state index in [1.54, 1.807) is 6.92 Å². The lowest BCUT2D eigenvalue weighted by molar-refractivity contribution is -0.158. The van der Waals surface area contributed by atoms with Crippen LogP contribution in [0.25, 0.3) is 0 Å². The Kier molecular flexibility index (Phi) is 21.1. The first-order chi connectivity index (χ1) is 28.3. The Bertz CT molecular complexity index is 1900. The lowest BCUT2D eigenvalue weighted by Crippen LogP contribution is -2.43. The van der Waals surface area contributed by atoms with Crippen LogP contribution in [0.5, 0.6) is 0 Å². The summed E-state index contributed by atoms with van der Waals surface area (Å²) in [6.45, 7) is 29.3. The lowest BCUT2D eigenvalue weighted by atomic mass is 9.71. The molecule has 2 N–H and O–H groups in total. The summed E-state index contributed by atoms with van der Waals surface area (Å²) in [6.07, 6.45) is 29.5. The minimum absolute atomic E-state index is 0.113. The minimum Gasteiger partial charge on any atom is -0.453 e. The average Bonchev–Trinajstić information content (AvgIpc) is 3.74. The molecule has 0 aromatic heterocycles. The second-order valence-corrected chi connectivity index (χ2v) is 17.2. The number of ether oxygens (including phenoxy) is 2. The molecule has 1 heterocycles. The van der Waals surface area contributed by atoms with Crippen LogP contribution in [-0.2, 0) is 28.7 Å². The highest BCUT2D eigenvalue weighted by Crippen LogP contribution is 2.42. The molecule has 0 saturated carbocycles. The van der Waals surface area contributed by atoms with Gasteiger partial charge in [-0.15, -0.1) is 0 Å². The zero-order valence-corrected chi connectivity index (χ0v) is 39.1. The molecule has 0 spiro atoms. The molecule has 1 saturated heterocycles. The van der Waals surface area contributed by atoms with E-state index >= 15 is 0 Å². The van der Waals surface area contributed by atoms with Crippen molar-refractivity contribution in [1.29, 1.82) is 0 Å². The van der Waals surface area contributed by atoms with Gasteiger partial charge < -0.3 is 20.1 Å². The molecule has 4 atom stereocenters. The molecular weight excluding hydrogens is 749 g/mol. The Hall–Kier alpha value is -4.66. The lowest BCUT2D eigenvalue weighted by Gasteiger charge is -2.36. The van der Waals surface area contributed by atoms with Gasteiger partial charge in [0.15, 0.2) is 23.8 Å². The highest BCUT2D eigenvalue weighted by Gasteiger charge is 2.42. The highest BCUT2D eigenvalue weighted by molar-refractivity contribution is 6.02. The molecule has 60 heavy (non-hydrogen) atoms. The number of rotatable bonds is 16. The van der Waals surface area contributed by atoms with Crippen LogP contribution in [0.4, 0.5) is 0 Å². The van der Waals surface area contributed by atoms with E-state index in [4.69, 9.17) is 9.47 Å². The van der Waals surface area contributed by atoms with Crippen LogP contribution in [0, 0.1) is 10.8 Å². The van der Waals surface area contributed by atoms with E-state index in [0.29, 0.717) is 30.5 Å². The van der Waals surface area contributed by atoms with E-state index < -0.39 is 24.2 Å². The topological polar surface area (TPSA) is 111 Å². The third-order valence-electron chi connectivity index (χ3n) is 11.0. The fourth-order valence-corrected chi connectivity index (χ4v) is 7.50. The number of Topliss-reactive ketones (excluding diaryl/α,β-unsaturated/α-hetero) is 2. The monoisotopic (exact) mass is 823 g/mol. The summed E-state index contributed by atoms with van der Waals surface area (Å²) in [4.78, 5) is 51.4. The molecular formula is C52H74N2O6. The van der Waals surface area contributed by atoms with Gasteiger partial charge >= 0.3 is 11.9 Å². The molecule has 2 aliphatic carbocycles. The van der Waals surface area contributed by atoms with Gasteiger partial charge in [-0.25, -0.2) is 0 Å². The van der Waals surface area contributed by atoms with Crippen LogP contribution in [0.15, 0.2) is 130 Å². The molecule has 8 nitrogen and oxygen atoms in total. The largest absolute Gasteiger partial charge is 0.453 e. The number of nitrogens with one attached hydrogen (secondary N) is 2. The standard InChI is InChI=1S/C50H68N2O6.C2H6/c1-13-51-39(8)47(55)57-43-31-49(9,10)40(37(6)45(43)53)28-26-35(4)23-16-21-33(2)19-14-15-20-34(3)22-17-24-36(5)27-29-41-38(7)46(54)44(32-50(41,11)12)58-48(56)42-25-18-30-52-42;1-2/h14-17,19-24,26-29,39,42-44,51-52H,13,18,25,30-32H2,1-12H3;1-2H3/b15-14+,21-16+,22-17+,28-26+,29-27+,33-19+,34-20+,35-23+,36-24+;. The number of carbonyl (C=O) groups excluding carboxylic acids is 4. The Morgan fingerprint density at radius 3 is 1.55 bits per heavy atom. The van der Waals surface area contributed by atoms with Gasteiger partial charge in [-0.1, -0.05) is 156 Å². The predicted octanol–water partition coefficient (Wildman–Crippen LogP) is 10.8. The predicted molar refractivity (Wildman–Crippen MR) is 248 cm³/mol. The van der Waals surface area contributed by atoms with Crippen LogP contribution >= 0.6 is 0 Å². The Labute approximate surface area is 362 Å². The normalized spacial score (nSPS) is 23.7. The summed E-state index contributed by atoms with van der Waals surface area (Å²) in [5.41, 5.74) is 6.88. The third-order valence-corrected chi connectivity index (χ3v) is 11.0. The van der Waals surface area contributed by atoms with Crippen molar-refractivity contribution < 1.29 is 28.7 Å². The van der Waals surface area contributed by atoms with Gasteiger partial charge in [-0.2, -0.15) is 0 Å². The van der Waals surface area contributed by atoms with Crippen LogP contribution < -0.4 is 10.6 Å². The molecule has 0 amide bonds. The number of allylic oxidation sites excluding steroid dienone is 20. The van der Waals surface area contributed by atoms with E-state index in [1.807, 2.05) is 116 Å². The van der Waals surface area contributed by atoms with Crippen molar-refractivity contribution in [2.75, 3.05) is 13.1 Å².